The fourth-order valence-corrected chi connectivity index (χ4v) is 2.34. The molecule has 1 aliphatic heterocycles. The average Bonchev–Trinajstić information content (AvgIpc) is 2.76. The van der Waals surface area contributed by atoms with Crippen molar-refractivity contribution in [3.05, 3.63) is 29.3 Å². The quantitative estimate of drug-likeness (QED) is 0.784. The summed E-state index contributed by atoms with van der Waals surface area (Å²) >= 11 is 0. The molecule has 0 spiro atoms. The third kappa shape index (κ3) is 3.83. The summed E-state index contributed by atoms with van der Waals surface area (Å²) in [5, 5.41) is 5.69. The van der Waals surface area contributed by atoms with Crippen molar-refractivity contribution in [2.45, 2.75) is 39.5 Å². The molecule has 0 saturated heterocycles. The molecule has 0 bridgehead atoms. The Kier molecular flexibility index (Phi) is 4.77. The monoisotopic (exact) mass is 274 g/mol. The molecule has 1 aliphatic rings. The zero-order valence-corrected chi connectivity index (χ0v) is 12.2. The number of fused-ring (bicyclic) bond motifs is 1. The summed E-state index contributed by atoms with van der Waals surface area (Å²) in [5.41, 5.74) is 2.33. The zero-order valence-electron chi connectivity index (χ0n) is 12.2. The Balaban J connectivity index is 1.81. The van der Waals surface area contributed by atoms with Crippen LogP contribution < -0.4 is 10.6 Å². The Morgan fingerprint density at radius 1 is 1.35 bits per heavy atom. The predicted octanol–water partition coefficient (Wildman–Crippen LogP) is 2.74. The second kappa shape index (κ2) is 6.55. The van der Waals surface area contributed by atoms with Crippen molar-refractivity contribution in [3.8, 4) is 0 Å². The van der Waals surface area contributed by atoms with Crippen LogP contribution in [0.1, 0.15) is 49.0 Å². The van der Waals surface area contributed by atoms with Gasteiger partial charge in [-0.15, -0.1) is 0 Å². The summed E-state index contributed by atoms with van der Waals surface area (Å²) in [4.78, 5) is 23.3. The molecule has 0 saturated carbocycles. The van der Waals surface area contributed by atoms with E-state index in [1.807, 2.05) is 6.07 Å². The molecule has 0 aromatic heterocycles. The molecule has 4 nitrogen and oxygen atoms in total. The van der Waals surface area contributed by atoms with E-state index in [1.54, 1.807) is 12.1 Å². The van der Waals surface area contributed by atoms with Gasteiger partial charge >= 0.3 is 0 Å². The van der Waals surface area contributed by atoms with E-state index in [9.17, 15) is 9.59 Å². The van der Waals surface area contributed by atoms with Crippen molar-refractivity contribution in [2.24, 2.45) is 5.92 Å². The van der Waals surface area contributed by atoms with Crippen LogP contribution in [0.15, 0.2) is 18.2 Å². The third-order valence-corrected chi connectivity index (χ3v) is 3.49. The number of amides is 2. The van der Waals surface area contributed by atoms with Gasteiger partial charge in [0.05, 0.1) is 6.42 Å². The number of nitrogens with one attached hydrogen (secondary N) is 2. The minimum atomic E-state index is -0.0708. The maximum Gasteiger partial charge on any atom is 0.251 e. The average molecular weight is 274 g/mol. The summed E-state index contributed by atoms with van der Waals surface area (Å²) in [5.74, 6) is 0.635. The lowest BCUT2D eigenvalue weighted by Crippen LogP contribution is -2.24. The Hall–Kier alpha value is -1.84. The van der Waals surface area contributed by atoms with Gasteiger partial charge in [-0.05, 0) is 30.0 Å². The molecule has 2 N–H and O–H groups in total. The number of carbonyl (C=O) groups excluding carboxylic acids is 2. The van der Waals surface area contributed by atoms with Crippen molar-refractivity contribution in [1.82, 2.24) is 5.32 Å². The second-order valence-electron chi connectivity index (χ2n) is 5.74. The van der Waals surface area contributed by atoms with Crippen LogP contribution in [-0.4, -0.2) is 18.4 Å². The van der Waals surface area contributed by atoms with Crippen molar-refractivity contribution in [3.63, 3.8) is 0 Å². The number of hydrogen-bond donors (Lipinski definition) is 2. The van der Waals surface area contributed by atoms with Gasteiger partial charge in [-0.1, -0.05) is 32.8 Å². The predicted molar refractivity (Wildman–Crippen MR) is 79.8 cm³/mol. The highest BCUT2D eigenvalue weighted by Gasteiger charge is 2.18. The van der Waals surface area contributed by atoms with Crippen molar-refractivity contribution < 1.29 is 9.59 Å². The highest BCUT2D eigenvalue weighted by atomic mass is 16.2. The number of anilines is 1. The first-order valence-corrected chi connectivity index (χ1v) is 7.27. The molecule has 1 aromatic rings. The van der Waals surface area contributed by atoms with Crippen LogP contribution in [-0.2, 0) is 11.2 Å². The highest BCUT2D eigenvalue weighted by molar-refractivity contribution is 6.02. The van der Waals surface area contributed by atoms with Gasteiger partial charge in [-0.3, -0.25) is 9.59 Å². The molecular formula is C16H22N2O2. The summed E-state index contributed by atoms with van der Waals surface area (Å²) in [6, 6.07) is 5.38. The van der Waals surface area contributed by atoms with Crippen LogP contribution in [0.25, 0.3) is 0 Å². The topological polar surface area (TPSA) is 58.2 Å². The summed E-state index contributed by atoms with van der Waals surface area (Å²) < 4.78 is 0. The van der Waals surface area contributed by atoms with Crippen molar-refractivity contribution >= 4 is 17.5 Å². The zero-order chi connectivity index (χ0) is 14.5. The molecule has 2 rings (SSSR count). The minimum Gasteiger partial charge on any atom is -0.352 e. The van der Waals surface area contributed by atoms with Crippen LogP contribution in [0.3, 0.4) is 0 Å². The van der Waals surface area contributed by atoms with Gasteiger partial charge in [-0.2, -0.15) is 0 Å². The molecule has 108 valence electrons. The molecule has 1 aromatic carbocycles. The number of carbonyl (C=O) groups is 2. The van der Waals surface area contributed by atoms with E-state index in [4.69, 9.17) is 0 Å². The van der Waals surface area contributed by atoms with Gasteiger partial charge in [0.1, 0.15) is 0 Å². The van der Waals surface area contributed by atoms with Crippen LogP contribution in [0, 0.1) is 5.92 Å². The maximum absolute atomic E-state index is 12.0. The first-order chi connectivity index (χ1) is 9.56. The van der Waals surface area contributed by atoms with E-state index >= 15 is 0 Å². The van der Waals surface area contributed by atoms with E-state index in [-0.39, 0.29) is 11.8 Å². The number of rotatable bonds is 6. The first-order valence-electron chi connectivity index (χ1n) is 7.27. The summed E-state index contributed by atoms with van der Waals surface area (Å²) in [6.45, 7) is 5.11. The fraction of sp³-hybridized carbons (Fsp3) is 0.500. The Labute approximate surface area is 119 Å². The van der Waals surface area contributed by atoms with E-state index in [0.717, 1.165) is 24.1 Å². The molecule has 0 unspecified atom stereocenters. The van der Waals surface area contributed by atoms with E-state index in [1.165, 1.54) is 6.42 Å². The third-order valence-electron chi connectivity index (χ3n) is 3.49. The molecule has 1 heterocycles. The van der Waals surface area contributed by atoms with Crippen molar-refractivity contribution in [1.29, 1.82) is 0 Å². The fourth-order valence-electron chi connectivity index (χ4n) is 2.34. The van der Waals surface area contributed by atoms with Crippen molar-refractivity contribution in [2.75, 3.05) is 11.9 Å². The van der Waals surface area contributed by atoms with E-state index in [2.05, 4.69) is 24.5 Å². The van der Waals surface area contributed by atoms with Gasteiger partial charge in [0, 0.05) is 17.8 Å². The van der Waals surface area contributed by atoms with Gasteiger partial charge in [0.25, 0.3) is 5.91 Å². The van der Waals surface area contributed by atoms with Gasteiger partial charge in [0.15, 0.2) is 0 Å². The maximum atomic E-state index is 12.0. The molecule has 0 fully saturated rings. The molecule has 2 amide bonds. The van der Waals surface area contributed by atoms with Gasteiger partial charge in [0.2, 0.25) is 5.91 Å². The lowest BCUT2D eigenvalue weighted by molar-refractivity contribution is -0.115. The molecule has 20 heavy (non-hydrogen) atoms. The summed E-state index contributed by atoms with van der Waals surface area (Å²) in [7, 11) is 0. The van der Waals surface area contributed by atoms with Crippen LogP contribution in [0.5, 0.6) is 0 Å². The normalized spacial score (nSPS) is 13.2. The lowest BCUT2D eigenvalue weighted by atomic mass is 10.1. The van der Waals surface area contributed by atoms with Crippen LogP contribution in [0.2, 0.25) is 0 Å². The molecular weight excluding hydrogens is 252 g/mol. The second-order valence-corrected chi connectivity index (χ2v) is 5.74. The van der Waals surface area contributed by atoms with Crippen LogP contribution in [0.4, 0.5) is 5.69 Å². The number of unbranched alkanes of at least 4 members (excludes halogenated alkanes) is 1. The smallest absolute Gasteiger partial charge is 0.251 e. The minimum absolute atomic E-state index is 0.00811. The Morgan fingerprint density at radius 2 is 2.15 bits per heavy atom. The molecule has 4 heteroatoms. The lowest BCUT2D eigenvalue weighted by Gasteiger charge is -2.07. The standard InChI is InChI=1S/C16H22N2O2/c1-11(2)5-3-4-8-17-16(20)13-7-6-12-10-15(19)18-14(12)9-13/h6-7,9,11H,3-5,8,10H2,1-2H3,(H,17,20)(H,18,19). The highest BCUT2D eigenvalue weighted by Crippen LogP contribution is 2.23. The SMILES string of the molecule is CC(C)CCCCNC(=O)c1ccc2c(c1)NC(=O)C2. The van der Waals surface area contributed by atoms with E-state index in [0.29, 0.717) is 24.4 Å². The molecule has 0 radical (unpaired) electrons. The van der Waals surface area contributed by atoms with Crippen LogP contribution >= 0.6 is 0 Å². The van der Waals surface area contributed by atoms with Gasteiger partial charge < -0.3 is 10.6 Å². The molecule has 0 atom stereocenters. The molecule has 0 aliphatic carbocycles. The van der Waals surface area contributed by atoms with E-state index < -0.39 is 0 Å². The first kappa shape index (κ1) is 14.6. The largest absolute Gasteiger partial charge is 0.352 e. The van der Waals surface area contributed by atoms with Gasteiger partial charge in [-0.25, -0.2) is 0 Å². The Bertz CT molecular complexity index is 509. The Morgan fingerprint density at radius 3 is 2.90 bits per heavy atom. The number of benzene rings is 1. The number of hydrogen-bond acceptors (Lipinski definition) is 2. The summed E-state index contributed by atoms with van der Waals surface area (Å²) in [6.07, 6.45) is 3.75.